The molecule has 4 aromatic rings. The van der Waals surface area contributed by atoms with Gasteiger partial charge in [-0.15, -0.1) is 0 Å². The molecule has 5 rings (SSSR count). The van der Waals surface area contributed by atoms with Gasteiger partial charge < -0.3 is 15.1 Å². The van der Waals surface area contributed by atoms with Gasteiger partial charge in [-0.2, -0.15) is 0 Å². The zero-order chi connectivity index (χ0) is 23.3. The number of nitrogens with one attached hydrogen (secondary N) is 1. The largest absolute Gasteiger partial charge is 0.348 e. The Morgan fingerprint density at radius 1 is 0.794 bits per heavy atom. The molecule has 1 N–H and O–H groups in total. The fourth-order valence-electron chi connectivity index (χ4n) is 4.31. The summed E-state index contributed by atoms with van der Waals surface area (Å²) in [5, 5.41) is 2.98. The first-order valence-electron chi connectivity index (χ1n) is 11.5. The van der Waals surface area contributed by atoms with Gasteiger partial charge in [-0.1, -0.05) is 72.8 Å². The van der Waals surface area contributed by atoms with E-state index in [1.807, 2.05) is 89.8 Å². The van der Waals surface area contributed by atoms with Crippen molar-refractivity contribution in [2.24, 2.45) is 0 Å². The fraction of sp³-hybridized carbons (Fsp3) is 0.222. The molecule has 0 aliphatic carbocycles. The van der Waals surface area contributed by atoms with E-state index in [0.717, 1.165) is 22.2 Å². The third-order valence-corrected chi connectivity index (χ3v) is 6.17. The number of carbonyl (C=O) groups excluding carboxylic acids is 1. The average molecular weight is 454 g/mol. The van der Waals surface area contributed by atoms with Crippen LogP contribution in [-0.4, -0.2) is 46.7 Å². The Kier molecular flexibility index (Phi) is 6.25. The van der Waals surface area contributed by atoms with Crippen LogP contribution in [0.3, 0.4) is 0 Å². The molecule has 172 valence electrons. The van der Waals surface area contributed by atoms with Gasteiger partial charge in [0.1, 0.15) is 0 Å². The summed E-state index contributed by atoms with van der Waals surface area (Å²) in [6.45, 7) is 3.17. The van der Waals surface area contributed by atoms with Gasteiger partial charge in [0.15, 0.2) is 5.82 Å². The molecule has 7 nitrogen and oxygen atoms in total. The Hall–Kier alpha value is -4.13. The third-order valence-electron chi connectivity index (χ3n) is 6.17. The zero-order valence-electron chi connectivity index (χ0n) is 18.9. The van der Waals surface area contributed by atoms with Crippen LogP contribution in [0.2, 0.25) is 0 Å². The van der Waals surface area contributed by atoms with Crippen molar-refractivity contribution in [1.29, 1.82) is 0 Å². The van der Waals surface area contributed by atoms with Gasteiger partial charge >= 0.3 is 6.03 Å². The van der Waals surface area contributed by atoms with Crippen LogP contribution in [0.25, 0.3) is 11.0 Å². The van der Waals surface area contributed by atoms with Crippen molar-refractivity contribution < 1.29 is 4.79 Å². The van der Waals surface area contributed by atoms with Crippen LogP contribution in [0, 0.1) is 0 Å². The summed E-state index contributed by atoms with van der Waals surface area (Å²) in [6, 6.07) is 27.5. The highest BCUT2D eigenvalue weighted by atomic mass is 16.2. The Balaban J connectivity index is 1.32. The minimum Gasteiger partial charge on any atom is -0.348 e. The van der Waals surface area contributed by atoms with Crippen molar-refractivity contribution in [1.82, 2.24) is 19.8 Å². The first-order chi connectivity index (χ1) is 16.7. The van der Waals surface area contributed by atoms with E-state index in [9.17, 15) is 9.59 Å². The molecule has 0 saturated carbocycles. The lowest BCUT2D eigenvalue weighted by Crippen LogP contribution is -2.53. The smallest absolute Gasteiger partial charge is 0.317 e. The summed E-state index contributed by atoms with van der Waals surface area (Å²) in [7, 11) is 0. The highest BCUT2D eigenvalue weighted by Crippen LogP contribution is 2.17. The number of carbonyl (C=O) groups is 1. The molecule has 1 fully saturated rings. The molecule has 0 radical (unpaired) electrons. The molecular weight excluding hydrogens is 426 g/mol. The highest BCUT2D eigenvalue weighted by Gasteiger charge is 2.24. The number of benzene rings is 3. The lowest BCUT2D eigenvalue weighted by Gasteiger charge is -2.35. The minimum absolute atomic E-state index is 0.0866. The standard InChI is InChI=1S/C27H27N5O2/c33-26-25(29-23-13-7-8-14-24(23)32(26)20-22-11-5-2-6-12-22)30-15-17-31(18-16-30)27(34)28-19-21-9-3-1-4-10-21/h1-14H,15-20H2,(H,28,34). The molecule has 1 saturated heterocycles. The molecule has 3 aromatic carbocycles. The lowest BCUT2D eigenvalue weighted by molar-refractivity contribution is 0.193. The van der Waals surface area contributed by atoms with E-state index in [-0.39, 0.29) is 11.6 Å². The first kappa shape index (κ1) is 21.7. The van der Waals surface area contributed by atoms with Crippen molar-refractivity contribution in [3.8, 4) is 0 Å². The van der Waals surface area contributed by atoms with E-state index in [1.165, 1.54) is 0 Å². The van der Waals surface area contributed by atoms with Gasteiger partial charge in [-0.25, -0.2) is 9.78 Å². The number of anilines is 1. The minimum atomic E-state index is -0.107. The van der Waals surface area contributed by atoms with Crippen LogP contribution in [0.1, 0.15) is 11.1 Å². The highest BCUT2D eigenvalue weighted by molar-refractivity contribution is 5.77. The third kappa shape index (κ3) is 4.64. The number of amides is 2. The number of urea groups is 1. The second kappa shape index (κ2) is 9.79. The zero-order valence-corrected chi connectivity index (χ0v) is 18.9. The molecule has 0 bridgehead atoms. The summed E-state index contributed by atoms with van der Waals surface area (Å²) in [5.74, 6) is 0.443. The summed E-state index contributed by atoms with van der Waals surface area (Å²) < 4.78 is 1.80. The van der Waals surface area contributed by atoms with E-state index in [4.69, 9.17) is 4.98 Å². The summed E-state index contributed by atoms with van der Waals surface area (Å²) >= 11 is 0. The molecular formula is C27H27N5O2. The van der Waals surface area contributed by atoms with Crippen LogP contribution in [0.5, 0.6) is 0 Å². The van der Waals surface area contributed by atoms with Gasteiger partial charge in [0.25, 0.3) is 5.56 Å². The lowest BCUT2D eigenvalue weighted by atomic mass is 10.2. The van der Waals surface area contributed by atoms with Gasteiger partial charge in [-0.3, -0.25) is 9.36 Å². The topological polar surface area (TPSA) is 70.5 Å². The number of para-hydroxylation sites is 2. The van der Waals surface area contributed by atoms with E-state index in [0.29, 0.717) is 45.1 Å². The molecule has 2 amide bonds. The van der Waals surface area contributed by atoms with E-state index < -0.39 is 0 Å². The Morgan fingerprint density at radius 2 is 1.41 bits per heavy atom. The van der Waals surface area contributed by atoms with E-state index in [2.05, 4.69) is 5.32 Å². The quantitative estimate of drug-likeness (QED) is 0.502. The number of aromatic nitrogens is 2. The number of hydrogen-bond donors (Lipinski definition) is 1. The second-order valence-electron chi connectivity index (χ2n) is 8.42. The molecule has 7 heteroatoms. The van der Waals surface area contributed by atoms with Crippen LogP contribution in [0.4, 0.5) is 10.6 Å². The normalized spacial score (nSPS) is 13.8. The van der Waals surface area contributed by atoms with Crippen molar-refractivity contribution in [2.45, 2.75) is 13.1 Å². The molecule has 34 heavy (non-hydrogen) atoms. The van der Waals surface area contributed by atoms with Crippen molar-refractivity contribution in [3.63, 3.8) is 0 Å². The number of piperazine rings is 1. The first-order valence-corrected chi connectivity index (χ1v) is 11.5. The molecule has 1 aromatic heterocycles. The van der Waals surface area contributed by atoms with Crippen molar-refractivity contribution in [3.05, 3.63) is 106 Å². The molecule has 0 spiro atoms. The summed E-state index contributed by atoms with van der Waals surface area (Å²) in [6.07, 6.45) is 0. The number of rotatable bonds is 5. The molecule has 1 aliphatic heterocycles. The number of nitrogens with zero attached hydrogens (tertiary/aromatic N) is 4. The predicted octanol–water partition coefficient (Wildman–Crippen LogP) is 3.48. The molecule has 0 atom stereocenters. The predicted molar refractivity (Wildman–Crippen MR) is 134 cm³/mol. The average Bonchev–Trinajstić information content (AvgIpc) is 2.90. The summed E-state index contributed by atoms with van der Waals surface area (Å²) in [5.41, 5.74) is 3.63. The van der Waals surface area contributed by atoms with Crippen LogP contribution in [-0.2, 0) is 13.1 Å². The van der Waals surface area contributed by atoms with Gasteiger partial charge in [0, 0.05) is 32.7 Å². The molecule has 0 unspecified atom stereocenters. The SMILES string of the molecule is O=C(NCc1ccccc1)N1CCN(c2nc3ccccc3n(Cc3ccccc3)c2=O)CC1. The Labute approximate surface area is 198 Å². The monoisotopic (exact) mass is 453 g/mol. The second-order valence-corrected chi connectivity index (χ2v) is 8.42. The molecule has 1 aliphatic rings. The van der Waals surface area contributed by atoms with Crippen molar-refractivity contribution in [2.75, 3.05) is 31.1 Å². The summed E-state index contributed by atoms with van der Waals surface area (Å²) in [4.78, 5) is 34.7. The number of fused-ring (bicyclic) bond motifs is 1. The van der Waals surface area contributed by atoms with Gasteiger partial charge in [0.05, 0.1) is 17.6 Å². The Bertz CT molecular complexity index is 1330. The van der Waals surface area contributed by atoms with E-state index in [1.54, 1.807) is 9.47 Å². The van der Waals surface area contributed by atoms with Gasteiger partial charge in [-0.05, 0) is 23.3 Å². The Morgan fingerprint density at radius 3 is 2.12 bits per heavy atom. The van der Waals surface area contributed by atoms with Gasteiger partial charge in [0.2, 0.25) is 0 Å². The van der Waals surface area contributed by atoms with Crippen molar-refractivity contribution >= 4 is 22.9 Å². The fourth-order valence-corrected chi connectivity index (χ4v) is 4.31. The van der Waals surface area contributed by atoms with Crippen LogP contribution >= 0.6 is 0 Å². The maximum absolute atomic E-state index is 13.5. The van der Waals surface area contributed by atoms with E-state index >= 15 is 0 Å². The van der Waals surface area contributed by atoms with Crippen LogP contribution in [0.15, 0.2) is 89.7 Å². The van der Waals surface area contributed by atoms with Crippen LogP contribution < -0.4 is 15.8 Å². The maximum Gasteiger partial charge on any atom is 0.317 e. The molecule has 2 heterocycles. The number of hydrogen-bond acceptors (Lipinski definition) is 4. The maximum atomic E-state index is 13.5.